The van der Waals surface area contributed by atoms with E-state index < -0.39 is 0 Å². The van der Waals surface area contributed by atoms with Gasteiger partial charge in [0.25, 0.3) is 0 Å². The number of carbonyl (C=O) groups is 1. The molecule has 0 aliphatic heterocycles. The van der Waals surface area contributed by atoms with Crippen molar-refractivity contribution in [3.63, 3.8) is 0 Å². The molecule has 0 saturated heterocycles. The maximum absolute atomic E-state index is 14.6. The Morgan fingerprint density at radius 1 is 1.41 bits per heavy atom. The Balaban J connectivity index is 1.83. The molecule has 0 atom stereocenters. The summed E-state index contributed by atoms with van der Waals surface area (Å²) in [6.45, 7) is 6.41. The average molecular weight is 302 g/mol. The number of hydrogen-bond donors (Lipinski definition) is 2. The number of aromatic nitrogens is 1. The first-order chi connectivity index (χ1) is 10.4. The van der Waals surface area contributed by atoms with Crippen molar-refractivity contribution in [2.45, 2.75) is 53.0 Å². The van der Waals surface area contributed by atoms with Crippen LogP contribution < -0.4 is 5.32 Å². The summed E-state index contributed by atoms with van der Waals surface area (Å²) >= 11 is 0. The Morgan fingerprint density at radius 3 is 2.77 bits per heavy atom. The lowest BCUT2D eigenvalue weighted by Crippen LogP contribution is -2.29. The van der Waals surface area contributed by atoms with Crippen LogP contribution in [0.2, 0.25) is 0 Å². The van der Waals surface area contributed by atoms with Crippen molar-refractivity contribution in [3.8, 4) is 0 Å². The standard InChI is InChI=1S/C18H23FN2O/c1-4-5-14-11(2)8-12-9-13(21-16(12)15(14)19)10-20-17(22)18(3)6-7-18/h8-9,21H,4-7,10H2,1-3H3,(H,20,22). The number of H-pyrrole nitrogens is 1. The van der Waals surface area contributed by atoms with E-state index in [9.17, 15) is 9.18 Å². The van der Waals surface area contributed by atoms with Gasteiger partial charge in [-0.3, -0.25) is 4.79 Å². The van der Waals surface area contributed by atoms with Gasteiger partial charge in [0, 0.05) is 16.5 Å². The van der Waals surface area contributed by atoms with Gasteiger partial charge < -0.3 is 10.3 Å². The van der Waals surface area contributed by atoms with E-state index in [4.69, 9.17) is 0 Å². The first-order valence-electron chi connectivity index (χ1n) is 8.02. The lowest BCUT2D eigenvalue weighted by Gasteiger charge is -2.08. The molecule has 0 bridgehead atoms. The zero-order valence-corrected chi connectivity index (χ0v) is 13.5. The minimum atomic E-state index is -0.178. The van der Waals surface area contributed by atoms with Crippen LogP contribution in [0, 0.1) is 18.2 Å². The number of amides is 1. The fourth-order valence-corrected chi connectivity index (χ4v) is 2.92. The number of carbonyl (C=O) groups excluding carboxylic acids is 1. The first-order valence-corrected chi connectivity index (χ1v) is 8.02. The van der Waals surface area contributed by atoms with E-state index in [-0.39, 0.29) is 17.1 Å². The van der Waals surface area contributed by atoms with Gasteiger partial charge in [-0.05, 0) is 49.4 Å². The molecule has 3 nitrogen and oxygen atoms in total. The number of aryl methyl sites for hydroxylation is 1. The number of nitrogens with one attached hydrogen (secondary N) is 2. The highest BCUT2D eigenvalue weighted by molar-refractivity contribution is 5.85. The molecular formula is C18H23FN2O. The minimum absolute atomic E-state index is 0.0921. The van der Waals surface area contributed by atoms with E-state index in [2.05, 4.69) is 17.2 Å². The van der Waals surface area contributed by atoms with Crippen molar-refractivity contribution in [3.05, 3.63) is 34.8 Å². The highest BCUT2D eigenvalue weighted by Gasteiger charge is 2.44. The summed E-state index contributed by atoms with van der Waals surface area (Å²) in [5, 5.41) is 3.82. The average Bonchev–Trinajstić information content (AvgIpc) is 3.10. The van der Waals surface area contributed by atoms with E-state index in [1.54, 1.807) is 0 Å². The zero-order valence-electron chi connectivity index (χ0n) is 13.5. The number of benzene rings is 1. The van der Waals surface area contributed by atoms with Crippen molar-refractivity contribution in [2.24, 2.45) is 5.41 Å². The van der Waals surface area contributed by atoms with E-state index in [0.717, 1.165) is 47.9 Å². The van der Waals surface area contributed by atoms with Gasteiger partial charge in [-0.25, -0.2) is 4.39 Å². The quantitative estimate of drug-likeness (QED) is 0.862. The summed E-state index contributed by atoms with van der Waals surface area (Å²) in [5.74, 6) is -0.0574. The third kappa shape index (κ3) is 2.62. The monoisotopic (exact) mass is 302 g/mol. The third-order valence-corrected chi connectivity index (χ3v) is 4.72. The summed E-state index contributed by atoms with van der Waals surface area (Å²) in [7, 11) is 0. The highest BCUT2D eigenvalue weighted by Crippen LogP contribution is 2.45. The summed E-state index contributed by atoms with van der Waals surface area (Å²) in [6, 6.07) is 3.95. The zero-order chi connectivity index (χ0) is 15.9. The summed E-state index contributed by atoms with van der Waals surface area (Å²) in [6.07, 6.45) is 3.59. The van der Waals surface area contributed by atoms with Crippen molar-refractivity contribution >= 4 is 16.8 Å². The number of halogens is 1. The number of fused-ring (bicyclic) bond motifs is 1. The molecule has 1 saturated carbocycles. The molecule has 3 rings (SSSR count). The second kappa shape index (κ2) is 5.41. The van der Waals surface area contributed by atoms with Crippen LogP contribution in [0.1, 0.15) is 49.9 Å². The van der Waals surface area contributed by atoms with Crippen molar-refractivity contribution in [2.75, 3.05) is 0 Å². The Hall–Kier alpha value is -1.84. The minimum Gasteiger partial charge on any atom is -0.355 e. The predicted octanol–water partition coefficient (Wildman–Crippen LogP) is 3.98. The smallest absolute Gasteiger partial charge is 0.226 e. The van der Waals surface area contributed by atoms with Gasteiger partial charge in [0.1, 0.15) is 0 Å². The molecule has 1 aromatic carbocycles. The van der Waals surface area contributed by atoms with E-state index >= 15 is 0 Å². The normalized spacial score (nSPS) is 16.0. The molecule has 1 aliphatic rings. The van der Waals surface area contributed by atoms with Gasteiger partial charge in [0.05, 0.1) is 12.1 Å². The van der Waals surface area contributed by atoms with Gasteiger partial charge in [0.2, 0.25) is 5.91 Å². The van der Waals surface area contributed by atoms with Gasteiger partial charge >= 0.3 is 0 Å². The summed E-state index contributed by atoms with van der Waals surface area (Å²) in [4.78, 5) is 15.1. The molecular weight excluding hydrogens is 279 g/mol. The van der Waals surface area contributed by atoms with Crippen LogP contribution in [0.3, 0.4) is 0 Å². The molecule has 1 heterocycles. The van der Waals surface area contributed by atoms with Crippen LogP contribution in [-0.4, -0.2) is 10.9 Å². The Kier molecular flexibility index (Phi) is 3.71. The van der Waals surface area contributed by atoms with Crippen LogP contribution >= 0.6 is 0 Å². The fourth-order valence-electron chi connectivity index (χ4n) is 2.92. The van der Waals surface area contributed by atoms with E-state index in [1.165, 1.54) is 0 Å². The van der Waals surface area contributed by atoms with Crippen LogP contribution in [0.4, 0.5) is 4.39 Å². The molecule has 0 spiro atoms. The van der Waals surface area contributed by atoms with Gasteiger partial charge in [-0.2, -0.15) is 0 Å². The SMILES string of the molecule is CCCc1c(C)cc2cc(CNC(=O)C3(C)CC3)[nH]c2c1F. The van der Waals surface area contributed by atoms with Gasteiger partial charge in [-0.1, -0.05) is 20.3 Å². The number of hydrogen-bond acceptors (Lipinski definition) is 1. The second-order valence-corrected chi connectivity index (χ2v) is 6.74. The van der Waals surface area contributed by atoms with Crippen LogP contribution in [0.15, 0.2) is 12.1 Å². The topological polar surface area (TPSA) is 44.9 Å². The maximum atomic E-state index is 14.6. The molecule has 1 fully saturated rings. The summed E-state index contributed by atoms with van der Waals surface area (Å²) in [5.41, 5.74) is 3.00. The maximum Gasteiger partial charge on any atom is 0.226 e. The Morgan fingerprint density at radius 2 is 2.14 bits per heavy atom. The molecule has 22 heavy (non-hydrogen) atoms. The molecule has 2 aromatic rings. The van der Waals surface area contributed by atoms with Crippen LogP contribution in [-0.2, 0) is 17.8 Å². The van der Waals surface area contributed by atoms with E-state index in [1.807, 2.05) is 26.0 Å². The highest BCUT2D eigenvalue weighted by atomic mass is 19.1. The largest absolute Gasteiger partial charge is 0.355 e. The Bertz CT molecular complexity index is 728. The Labute approximate surface area is 130 Å². The third-order valence-electron chi connectivity index (χ3n) is 4.72. The number of rotatable bonds is 5. The van der Waals surface area contributed by atoms with Crippen LogP contribution in [0.25, 0.3) is 10.9 Å². The molecule has 1 aromatic heterocycles. The predicted molar refractivity (Wildman–Crippen MR) is 86.2 cm³/mol. The van der Waals surface area contributed by atoms with Crippen molar-refractivity contribution in [1.82, 2.24) is 10.3 Å². The molecule has 2 N–H and O–H groups in total. The summed E-state index contributed by atoms with van der Waals surface area (Å²) < 4.78 is 14.6. The first kappa shape index (κ1) is 15.1. The molecule has 118 valence electrons. The molecule has 1 aliphatic carbocycles. The fraction of sp³-hybridized carbons (Fsp3) is 0.500. The van der Waals surface area contributed by atoms with Gasteiger partial charge in [-0.15, -0.1) is 0 Å². The number of aromatic amines is 1. The molecule has 0 radical (unpaired) electrons. The molecule has 0 unspecified atom stereocenters. The second-order valence-electron chi connectivity index (χ2n) is 6.74. The lowest BCUT2D eigenvalue weighted by molar-refractivity contribution is -0.125. The molecule has 4 heteroatoms. The van der Waals surface area contributed by atoms with Gasteiger partial charge in [0.15, 0.2) is 5.82 Å². The molecule has 1 amide bonds. The van der Waals surface area contributed by atoms with Crippen LogP contribution in [0.5, 0.6) is 0 Å². The van der Waals surface area contributed by atoms with Crippen molar-refractivity contribution in [1.29, 1.82) is 0 Å². The lowest BCUT2D eigenvalue weighted by atomic mass is 10.0. The van der Waals surface area contributed by atoms with Crippen molar-refractivity contribution < 1.29 is 9.18 Å². The van der Waals surface area contributed by atoms with E-state index in [0.29, 0.717) is 12.1 Å².